The second kappa shape index (κ2) is 6.95. The molecule has 100 valence electrons. The minimum absolute atomic E-state index is 0.860. The Balaban J connectivity index is 2.06. The molecule has 2 rings (SSSR count). The van der Waals surface area contributed by atoms with E-state index >= 15 is 0 Å². The SMILES string of the molecule is CCNCc1cnc(N2CCCSCC2)nc1C. The number of nitrogens with zero attached hydrogens (tertiary/aromatic N) is 3. The molecule has 1 aromatic rings. The number of hydrogen-bond acceptors (Lipinski definition) is 5. The van der Waals surface area contributed by atoms with Gasteiger partial charge in [0.15, 0.2) is 0 Å². The zero-order valence-corrected chi connectivity index (χ0v) is 12.1. The third-order valence-corrected chi connectivity index (χ3v) is 4.19. The molecule has 0 saturated carbocycles. The Bertz CT molecular complexity index is 375. The van der Waals surface area contributed by atoms with Gasteiger partial charge < -0.3 is 10.2 Å². The first-order valence-electron chi connectivity index (χ1n) is 6.67. The Hall–Kier alpha value is -0.810. The average Bonchev–Trinajstić information content (AvgIpc) is 2.66. The van der Waals surface area contributed by atoms with Crippen LogP contribution < -0.4 is 10.2 Å². The Kier molecular flexibility index (Phi) is 5.26. The first-order valence-corrected chi connectivity index (χ1v) is 7.82. The maximum atomic E-state index is 4.66. The molecule has 0 radical (unpaired) electrons. The highest BCUT2D eigenvalue weighted by molar-refractivity contribution is 7.99. The maximum absolute atomic E-state index is 4.66. The Morgan fingerprint density at radius 2 is 2.28 bits per heavy atom. The molecule has 0 atom stereocenters. The molecule has 2 heterocycles. The Morgan fingerprint density at radius 1 is 1.39 bits per heavy atom. The molecular weight excluding hydrogens is 244 g/mol. The normalized spacial score (nSPS) is 16.7. The average molecular weight is 266 g/mol. The number of hydrogen-bond donors (Lipinski definition) is 1. The fraction of sp³-hybridized carbons (Fsp3) is 0.692. The van der Waals surface area contributed by atoms with Crippen molar-refractivity contribution in [1.82, 2.24) is 15.3 Å². The van der Waals surface area contributed by atoms with Crippen LogP contribution in [0.4, 0.5) is 5.95 Å². The molecule has 0 aromatic carbocycles. The van der Waals surface area contributed by atoms with E-state index in [1.807, 2.05) is 18.0 Å². The number of thioether (sulfide) groups is 1. The van der Waals surface area contributed by atoms with Crippen LogP contribution in [0.5, 0.6) is 0 Å². The zero-order chi connectivity index (χ0) is 12.8. The van der Waals surface area contributed by atoms with Crippen LogP contribution in [-0.4, -0.2) is 41.1 Å². The highest BCUT2D eigenvalue weighted by Gasteiger charge is 2.13. The molecule has 0 amide bonds. The minimum atomic E-state index is 0.860. The number of nitrogens with one attached hydrogen (secondary N) is 1. The molecule has 1 N–H and O–H groups in total. The van der Waals surface area contributed by atoms with Crippen LogP contribution in [0.25, 0.3) is 0 Å². The number of aromatic nitrogens is 2. The van der Waals surface area contributed by atoms with Crippen molar-refractivity contribution >= 4 is 17.7 Å². The molecular formula is C13H22N4S. The van der Waals surface area contributed by atoms with Crippen molar-refractivity contribution in [2.24, 2.45) is 0 Å². The lowest BCUT2D eigenvalue weighted by molar-refractivity contribution is 0.711. The lowest BCUT2D eigenvalue weighted by Gasteiger charge is -2.20. The number of rotatable bonds is 4. The molecule has 1 fully saturated rings. The van der Waals surface area contributed by atoms with Crippen molar-refractivity contribution in [3.8, 4) is 0 Å². The van der Waals surface area contributed by atoms with Crippen molar-refractivity contribution in [2.75, 3.05) is 36.0 Å². The highest BCUT2D eigenvalue weighted by atomic mass is 32.2. The molecule has 1 aliphatic heterocycles. The summed E-state index contributed by atoms with van der Waals surface area (Å²) < 4.78 is 0. The van der Waals surface area contributed by atoms with Gasteiger partial charge in [-0.15, -0.1) is 0 Å². The van der Waals surface area contributed by atoms with Gasteiger partial charge in [-0.1, -0.05) is 6.92 Å². The lowest BCUT2D eigenvalue weighted by atomic mass is 10.2. The van der Waals surface area contributed by atoms with Crippen molar-refractivity contribution in [3.63, 3.8) is 0 Å². The number of anilines is 1. The summed E-state index contributed by atoms with van der Waals surface area (Å²) in [5.41, 5.74) is 2.29. The summed E-state index contributed by atoms with van der Waals surface area (Å²) in [4.78, 5) is 11.5. The molecule has 0 unspecified atom stereocenters. The third-order valence-electron chi connectivity index (χ3n) is 3.14. The molecule has 1 saturated heterocycles. The van der Waals surface area contributed by atoms with Crippen LogP contribution >= 0.6 is 11.8 Å². The van der Waals surface area contributed by atoms with Gasteiger partial charge in [0, 0.05) is 42.8 Å². The molecule has 4 nitrogen and oxygen atoms in total. The molecule has 0 aliphatic carbocycles. The fourth-order valence-electron chi connectivity index (χ4n) is 2.01. The van der Waals surface area contributed by atoms with Gasteiger partial charge in [-0.05, 0) is 25.6 Å². The van der Waals surface area contributed by atoms with Gasteiger partial charge in [-0.2, -0.15) is 11.8 Å². The third kappa shape index (κ3) is 3.59. The van der Waals surface area contributed by atoms with Gasteiger partial charge in [-0.3, -0.25) is 0 Å². The summed E-state index contributed by atoms with van der Waals surface area (Å²) in [5, 5.41) is 3.32. The summed E-state index contributed by atoms with van der Waals surface area (Å²) in [6.07, 6.45) is 3.20. The van der Waals surface area contributed by atoms with E-state index in [0.717, 1.165) is 37.8 Å². The van der Waals surface area contributed by atoms with E-state index in [0.29, 0.717) is 0 Å². The van der Waals surface area contributed by atoms with E-state index in [9.17, 15) is 0 Å². The Labute approximate surface area is 114 Å². The topological polar surface area (TPSA) is 41.1 Å². The van der Waals surface area contributed by atoms with Crippen molar-refractivity contribution < 1.29 is 0 Å². The molecule has 1 aliphatic rings. The summed E-state index contributed by atoms with van der Waals surface area (Å²) in [6, 6.07) is 0. The second-order valence-corrected chi connectivity index (χ2v) is 5.74. The first-order chi connectivity index (χ1) is 8.81. The van der Waals surface area contributed by atoms with Crippen molar-refractivity contribution in [3.05, 3.63) is 17.5 Å². The van der Waals surface area contributed by atoms with Crippen molar-refractivity contribution in [2.45, 2.75) is 26.8 Å². The van der Waals surface area contributed by atoms with Gasteiger partial charge in [0.25, 0.3) is 0 Å². The van der Waals surface area contributed by atoms with Gasteiger partial charge in [0.05, 0.1) is 0 Å². The summed E-state index contributed by atoms with van der Waals surface area (Å²) >= 11 is 2.03. The molecule has 18 heavy (non-hydrogen) atoms. The van der Waals surface area contributed by atoms with Crippen LogP contribution in [0, 0.1) is 6.92 Å². The van der Waals surface area contributed by atoms with E-state index < -0.39 is 0 Å². The van der Waals surface area contributed by atoms with Crippen LogP contribution in [0.2, 0.25) is 0 Å². The minimum Gasteiger partial charge on any atom is -0.340 e. The molecule has 0 bridgehead atoms. The van der Waals surface area contributed by atoms with Gasteiger partial charge in [0.1, 0.15) is 0 Å². The van der Waals surface area contributed by atoms with E-state index in [1.165, 1.54) is 23.5 Å². The van der Waals surface area contributed by atoms with Gasteiger partial charge in [0.2, 0.25) is 5.95 Å². The highest BCUT2D eigenvalue weighted by Crippen LogP contribution is 2.16. The second-order valence-electron chi connectivity index (χ2n) is 4.51. The first kappa shape index (κ1) is 13.6. The quantitative estimate of drug-likeness (QED) is 0.900. The lowest BCUT2D eigenvalue weighted by Crippen LogP contribution is -2.28. The van der Waals surface area contributed by atoms with Crippen LogP contribution in [0.3, 0.4) is 0 Å². The Morgan fingerprint density at radius 3 is 3.06 bits per heavy atom. The van der Waals surface area contributed by atoms with Crippen molar-refractivity contribution in [1.29, 1.82) is 0 Å². The van der Waals surface area contributed by atoms with E-state index in [1.54, 1.807) is 0 Å². The largest absolute Gasteiger partial charge is 0.340 e. The van der Waals surface area contributed by atoms with Crippen LogP contribution in [-0.2, 0) is 6.54 Å². The van der Waals surface area contributed by atoms with Gasteiger partial charge in [-0.25, -0.2) is 9.97 Å². The summed E-state index contributed by atoms with van der Waals surface area (Å²) in [6.45, 7) is 8.17. The molecule has 0 spiro atoms. The molecule has 5 heteroatoms. The number of aryl methyl sites for hydroxylation is 1. The van der Waals surface area contributed by atoms with E-state index in [2.05, 4.69) is 34.0 Å². The smallest absolute Gasteiger partial charge is 0.225 e. The molecule has 1 aromatic heterocycles. The van der Waals surface area contributed by atoms with Crippen LogP contribution in [0.1, 0.15) is 24.6 Å². The van der Waals surface area contributed by atoms with Crippen LogP contribution in [0.15, 0.2) is 6.20 Å². The monoisotopic (exact) mass is 266 g/mol. The van der Waals surface area contributed by atoms with E-state index in [-0.39, 0.29) is 0 Å². The zero-order valence-electron chi connectivity index (χ0n) is 11.3. The van der Waals surface area contributed by atoms with E-state index in [4.69, 9.17) is 0 Å². The van der Waals surface area contributed by atoms with Gasteiger partial charge >= 0.3 is 0 Å². The maximum Gasteiger partial charge on any atom is 0.225 e. The fourth-order valence-corrected chi connectivity index (χ4v) is 2.90. The summed E-state index contributed by atoms with van der Waals surface area (Å²) in [7, 11) is 0. The standard InChI is InChI=1S/C13H22N4S/c1-3-14-9-12-10-15-13(16-11(12)2)17-5-4-7-18-8-6-17/h10,14H,3-9H2,1-2H3. The summed E-state index contributed by atoms with van der Waals surface area (Å²) in [5.74, 6) is 3.34. The predicted molar refractivity (Wildman–Crippen MR) is 78.3 cm³/mol. The predicted octanol–water partition coefficient (Wildman–Crippen LogP) is 1.84.